The number of aromatic nitrogens is 3. The highest BCUT2D eigenvalue weighted by Crippen LogP contribution is 2.40. The molecule has 7 heteroatoms. The van der Waals surface area contributed by atoms with Gasteiger partial charge in [0.15, 0.2) is 5.16 Å². The SMILES string of the molecule is COc1ccc(CNC(=O)C(C)Sc2nnc(C3CC3)n2Cc2ccccc2)cc1. The molecule has 1 amide bonds. The number of carbonyl (C=O) groups excluding carboxylic acids is 1. The second-order valence-corrected chi connectivity index (χ2v) is 8.82. The molecule has 1 aliphatic rings. The summed E-state index contributed by atoms with van der Waals surface area (Å²) in [6.45, 7) is 3.12. The first-order valence-corrected chi connectivity index (χ1v) is 11.1. The van der Waals surface area contributed by atoms with Crippen molar-refractivity contribution in [1.29, 1.82) is 0 Å². The Hall–Kier alpha value is -2.80. The van der Waals surface area contributed by atoms with E-state index in [1.54, 1.807) is 7.11 Å². The maximum Gasteiger partial charge on any atom is 0.233 e. The lowest BCUT2D eigenvalue weighted by Crippen LogP contribution is -2.30. The Morgan fingerprint density at radius 2 is 1.87 bits per heavy atom. The third kappa shape index (κ3) is 5.02. The Morgan fingerprint density at radius 1 is 1.13 bits per heavy atom. The largest absolute Gasteiger partial charge is 0.497 e. The molecule has 4 rings (SSSR count). The number of hydrogen-bond donors (Lipinski definition) is 1. The van der Waals surface area contributed by atoms with E-state index in [1.807, 2.05) is 49.4 Å². The summed E-state index contributed by atoms with van der Waals surface area (Å²) in [6.07, 6.45) is 2.32. The number of nitrogens with zero attached hydrogens (tertiary/aromatic N) is 3. The summed E-state index contributed by atoms with van der Waals surface area (Å²) < 4.78 is 7.34. The van der Waals surface area contributed by atoms with E-state index in [0.29, 0.717) is 12.5 Å². The molecule has 1 saturated carbocycles. The van der Waals surface area contributed by atoms with Crippen LogP contribution in [0.4, 0.5) is 0 Å². The number of benzene rings is 2. The normalized spacial score (nSPS) is 14.3. The lowest BCUT2D eigenvalue weighted by Gasteiger charge is -2.14. The van der Waals surface area contributed by atoms with Crippen LogP contribution in [0.3, 0.4) is 0 Å². The van der Waals surface area contributed by atoms with Crippen molar-refractivity contribution < 1.29 is 9.53 Å². The van der Waals surface area contributed by atoms with Gasteiger partial charge in [-0.3, -0.25) is 4.79 Å². The van der Waals surface area contributed by atoms with Crippen LogP contribution >= 0.6 is 11.8 Å². The Balaban J connectivity index is 1.40. The quantitative estimate of drug-likeness (QED) is 0.528. The van der Waals surface area contributed by atoms with Gasteiger partial charge in [0.1, 0.15) is 11.6 Å². The van der Waals surface area contributed by atoms with E-state index in [4.69, 9.17) is 4.74 Å². The molecule has 1 N–H and O–H groups in total. The highest BCUT2D eigenvalue weighted by Gasteiger charge is 2.31. The van der Waals surface area contributed by atoms with Gasteiger partial charge in [-0.15, -0.1) is 10.2 Å². The first kappa shape index (κ1) is 20.5. The number of methoxy groups -OCH3 is 1. The zero-order valence-corrected chi connectivity index (χ0v) is 18.1. The van der Waals surface area contributed by atoms with Crippen molar-refractivity contribution in [2.24, 2.45) is 0 Å². The van der Waals surface area contributed by atoms with Crippen LogP contribution in [0.2, 0.25) is 0 Å². The van der Waals surface area contributed by atoms with Crippen molar-refractivity contribution in [1.82, 2.24) is 20.1 Å². The number of thioether (sulfide) groups is 1. The van der Waals surface area contributed by atoms with Crippen molar-refractivity contribution in [3.8, 4) is 5.75 Å². The van der Waals surface area contributed by atoms with Crippen molar-refractivity contribution in [2.45, 2.75) is 49.2 Å². The van der Waals surface area contributed by atoms with Crippen LogP contribution in [0.1, 0.15) is 42.6 Å². The van der Waals surface area contributed by atoms with Gasteiger partial charge >= 0.3 is 0 Å². The van der Waals surface area contributed by atoms with Crippen molar-refractivity contribution in [3.63, 3.8) is 0 Å². The monoisotopic (exact) mass is 422 g/mol. The standard InChI is InChI=1S/C23H26N4O2S/c1-16(22(28)24-14-17-8-12-20(29-2)13-9-17)30-23-26-25-21(19-10-11-19)27(23)15-18-6-4-3-5-7-18/h3-9,12-13,16,19H,10-11,14-15H2,1-2H3,(H,24,28). The smallest absolute Gasteiger partial charge is 0.233 e. The predicted octanol–water partition coefficient (Wildman–Crippen LogP) is 4.01. The number of carbonyl (C=O) groups is 1. The van der Waals surface area contributed by atoms with Crippen LogP contribution in [0.15, 0.2) is 59.8 Å². The minimum absolute atomic E-state index is 0.0157. The van der Waals surface area contributed by atoms with Crippen LogP contribution in [0.5, 0.6) is 5.75 Å². The zero-order chi connectivity index (χ0) is 20.9. The van der Waals surface area contributed by atoms with E-state index in [2.05, 4.69) is 32.2 Å². The lowest BCUT2D eigenvalue weighted by molar-refractivity contribution is -0.120. The van der Waals surface area contributed by atoms with Gasteiger partial charge in [0, 0.05) is 12.5 Å². The maximum absolute atomic E-state index is 12.7. The van der Waals surface area contributed by atoms with Gasteiger partial charge in [-0.2, -0.15) is 0 Å². The second kappa shape index (κ2) is 9.34. The van der Waals surface area contributed by atoms with E-state index in [-0.39, 0.29) is 11.2 Å². The van der Waals surface area contributed by atoms with Gasteiger partial charge in [0.25, 0.3) is 0 Å². The summed E-state index contributed by atoms with van der Waals surface area (Å²) in [4.78, 5) is 12.7. The lowest BCUT2D eigenvalue weighted by atomic mass is 10.2. The minimum atomic E-state index is -0.269. The molecule has 0 radical (unpaired) electrons. The number of nitrogens with one attached hydrogen (secondary N) is 1. The number of ether oxygens (including phenoxy) is 1. The van der Waals surface area contributed by atoms with E-state index in [0.717, 1.165) is 41.7 Å². The van der Waals surface area contributed by atoms with Gasteiger partial charge in [0.2, 0.25) is 5.91 Å². The molecule has 1 atom stereocenters. The molecule has 0 spiro atoms. The predicted molar refractivity (Wildman–Crippen MR) is 118 cm³/mol. The third-order valence-corrected chi connectivity index (χ3v) is 6.23. The summed E-state index contributed by atoms with van der Waals surface area (Å²) in [5.74, 6) is 2.32. The highest BCUT2D eigenvalue weighted by atomic mass is 32.2. The summed E-state index contributed by atoms with van der Waals surface area (Å²) in [7, 11) is 1.64. The molecular formula is C23H26N4O2S. The topological polar surface area (TPSA) is 69.0 Å². The molecule has 0 aliphatic heterocycles. The molecule has 1 aliphatic carbocycles. The fourth-order valence-electron chi connectivity index (χ4n) is 3.23. The molecule has 2 aromatic carbocycles. The summed E-state index contributed by atoms with van der Waals surface area (Å²) in [5, 5.41) is 12.4. The van der Waals surface area contributed by atoms with Crippen LogP contribution < -0.4 is 10.1 Å². The molecule has 156 valence electrons. The van der Waals surface area contributed by atoms with Gasteiger partial charge in [-0.05, 0) is 43.0 Å². The van der Waals surface area contributed by atoms with Crippen LogP contribution in [0, 0.1) is 0 Å². The molecule has 3 aromatic rings. The second-order valence-electron chi connectivity index (χ2n) is 7.51. The van der Waals surface area contributed by atoms with Crippen molar-refractivity contribution in [2.75, 3.05) is 7.11 Å². The number of rotatable bonds is 9. The number of hydrogen-bond acceptors (Lipinski definition) is 5. The Kier molecular flexibility index (Phi) is 6.38. The molecule has 30 heavy (non-hydrogen) atoms. The first-order valence-electron chi connectivity index (χ1n) is 10.2. The van der Waals surface area contributed by atoms with Gasteiger partial charge in [-0.1, -0.05) is 54.2 Å². The van der Waals surface area contributed by atoms with Crippen LogP contribution in [-0.4, -0.2) is 33.0 Å². The average molecular weight is 423 g/mol. The van der Waals surface area contributed by atoms with E-state index in [9.17, 15) is 4.79 Å². The van der Waals surface area contributed by atoms with Crippen LogP contribution in [0.25, 0.3) is 0 Å². The molecular weight excluding hydrogens is 396 g/mol. The molecule has 6 nitrogen and oxygen atoms in total. The highest BCUT2D eigenvalue weighted by molar-refractivity contribution is 8.00. The zero-order valence-electron chi connectivity index (χ0n) is 17.2. The first-order chi connectivity index (χ1) is 14.6. The fourth-order valence-corrected chi connectivity index (χ4v) is 4.11. The molecule has 1 fully saturated rings. The average Bonchev–Trinajstić information content (AvgIpc) is 3.56. The van der Waals surface area contributed by atoms with Crippen LogP contribution in [-0.2, 0) is 17.9 Å². The molecule has 0 bridgehead atoms. The minimum Gasteiger partial charge on any atom is -0.497 e. The Labute approximate surface area is 181 Å². The van der Waals surface area contributed by atoms with Crippen molar-refractivity contribution in [3.05, 3.63) is 71.5 Å². The molecule has 1 heterocycles. The Morgan fingerprint density at radius 3 is 2.53 bits per heavy atom. The summed E-state index contributed by atoms with van der Waals surface area (Å²) in [6, 6.07) is 18.0. The molecule has 1 unspecified atom stereocenters. The van der Waals surface area contributed by atoms with Gasteiger partial charge < -0.3 is 14.6 Å². The van der Waals surface area contributed by atoms with Gasteiger partial charge in [0.05, 0.1) is 18.9 Å². The maximum atomic E-state index is 12.7. The molecule has 1 aromatic heterocycles. The number of amides is 1. The molecule has 0 saturated heterocycles. The summed E-state index contributed by atoms with van der Waals surface area (Å²) >= 11 is 1.46. The van der Waals surface area contributed by atoms with E-state index < -0.39 is 0 Å². The third-order valence-electron chi connectivity index (χ3n) is 5.15. The van der Waals surface area contributed by atoms with Crippen molar-refractivity contribution >= 4 is 17.7 Å². The van der Waals surface area contributed by atoms with E-state index in [1.165, 1.54) is 17.3 Å². The summed E-state index contributed by atoms with van der Waals surface area (Å²) in [5.41, 5.74) is 2.24. The van der Waals surface area contributed by atoms with E-state index >= 15 is 0 Å². The van der Waals surface area contributed by atoms with Gasteiger partial charge in [-0.25, -0.2) is 0 Å². The fraction of sp³-hybridized carbons (Fsp3) is 0.348. The Bertz CT molecular complexity index is 984.